The normalized spacial score (nSPS) is 19.4. The maximum Gasteiger partial charge on any atom is 0.191 e. The fraction of sp³-hybridized carbons (Fsp3) is 0.583. The van der Waals surface area contributed by atoms with Crippen LogP contribution >= 0.6 is 35.3 Å². The predicted octanol–water partition coefficient (Wildman–Crippen LogP) is 4.23. The van der Waals surface area contributed by atoms with Crippen LogP contribution in [0.4, 0.5) is 0 Å². The number of guanidine groups is 1. The summed E-state index contributed by atoms with van der Waals surface area (Å²) in [7, 11) is 0. The van der Waals surface area contributed by atoms with Crippen molar-refractivity contribution in [2.45, 2.75) is 65.8 Å². The molecule has 2 N–H and O–H groups in total. The van der Waals surface area contributed by atoms with Crippen molar-refractivity contribution in [1.82, 2.24) is 20.5 Å². The predicted molar refractivity (Wildman–Crippen MR) is 145 cm³/mol. The lowest BCUT2D eigenvalue weighted by Gasteiger charge is -2.35. The fourth-order valence-electron chi connectivity index (χ4n) is 3.85. The van der Waals surface area contributed by atoms with E-state index >= 15 is 0 Å². The Balaban J connectivity index is 0.00000363. The van der Waals surface area contributed by atoms with Crippen molar-refractivity contribution in [3.05, 3.63) is 51.5 Å². The third-order valence-electron chi connectivity index (χ3n) is 5.27. The third kappa shape index (κ3) is 8.96. The first-order valence-electron chi connectivity index (χ1n) is 11.5. The van der Waals surface area contributed by atoms with Crippen LogP contribution in [0.15, 0.2) is 35.5 Å². The van der Waals surface area contributed by atoms with E-state index in [2.05, 4.69) is 72.5 Å². The number of hydrogen-bond donors (Lipinski definition) is 2. The number of nitrogens with zero attached hydrogens (tertiary/aromatic N) is 3. The van der Waals surface area contributed by atoms with Gasteiger partial charge in [0.1, 0.15) is 0 Å². The van der Waals surface area contributed by atoms with E-state index in [-0.39, 0.29) is 24.0 Å². The van der Waals surface area contributed by atoms with Gasteiger partial charge in [-0.1, -0.05) is 31.2 Å². The van der Waals surface area contributed by atoms with Gasteiger partial charge in [0.2, 0.25) is 0 Å². The second kappa shape index (κ2) is 14.1. The molecule has 2 heterocycles. The highest BCUT2D eigenvalue weighted by Gasteiger charge is 2.21. The summed E-state index contributed by atoms with van der Waals surface area (Å²) in [6.07, 6.45) is 4.57. The van der Waals surface area contributed by atoms with Crippen molar-refractivity contribution in [2.75, 3.05) is 26.2 Å². The minimum Gasteiger partial charge on any atom is -0.373 e. The van der Waals surface area contributed by atoms with Gasteiger partial charge in [0.25, 0.3) is 0 Å². The van der Waals surface area contributed by atoms with E-state index < -0.39 is 0 Å². The topological polar surface area (TPSA) is 61.8 Å². The van der Waals surface area contributed by atoms with Gasteiger partial charge in [-0.25, -0.2) is 9.98 Å². The summed E-state index contributed by atoms with van der Waals surface area (Å²) in [5, 5.41) is 7.94. The lowest BCUT2D eigenvalue weighted by Crippen LogP contribution is -2.44. The summed E-state index contributed by atoms with van der Waals surface area (Å²) in [5.41, 5.74) is 2.56. The maximum atomic E-state index is 5.84. The van der Waals surface area contributed by atoms with Crippen LogP contribution in [0.25, 0.3) is 0 Å². The summed E-state index contributed by atoms with van der Waals surface area (Å²) in [6, 6.07) is 8.84. The molecule has 32 heavy (non-hydrogen) atoms. The second-order valence-corrected chi connectivity index (χ2v) is 9.41. The molecule has 1 aliphatic heterocycles. The molecule has 1 aromatic heterocycles. The highest BCUT2D eigenvalue weighted by Crippen LogP contribution is 2.15. The monoisotopic (exact) mass is 571 g/mol. The minimum absolute atomic E-state index is 0. The van der Waals surface area contributed by atoms with Gasteiger partial charge < -0.3 is 15.4 Å². The summed E-state index contributed by atoms with van der Waals surface area (Å²) in [5.74, 6) is 0.857. The number of nitrogens with one attached hydrogen (secondary N) is 2. The van der Waals surface area contributed by atoms with Crippen molar-refractivity contribution < 1.29 is 4.74 Å². The molecule has 2 unspecified atom stereocenters. The van der Waals surface area contributed by atoms with E-state index in [1.807, 2.05) is 6.20 Å². The quantitative estimate of drug-likeness (QED) is 0.268. The summed E-state index contributed by atoms with van der Waals surface area (Å²) in [6.45, 7) is 13.9. The molecular weight excluding hydrogens is 533 g/mol. The number of morpholine rings is 1. The lowest BCUT2D eigenvalue weighted by molar-refractivity contribution is -0.0704. The van der Waals surface area contributed by atoms with Crippen LogP contribution < -0.4 is 10.6 Å². The van der Waals surface area contributed by atoms with Crippen molar-refractivity contribution in [1.29, 1.82) is 0 Å². The molecule has 1 aliphatic rings. The van der Waals surface area contributed by atoms with Gasteiger partial charge in [0.15, 0.2) is 5.96 Å². The Kier molecular flexibility index (Phi) is 11.9. The van der Waals surface area contributed by atoms with Crippen LogP contribution in [0.3, 0.4) is 0 Å². The van der Waals surface area contributed by atoms with Gasteiger partial charge in [-0.2, -0.15) is 0 Å². The summed E-state index contributed by atoms with van der Waals surface area (Å²) < 4.78 is 5.84. The van der Waals surface area contributed by atoms with Crippen LogP contribution in [0.5, 0.6) is 0 Å². The van der Waals surface area contributed by atoms with E-state index in [1.54, 1.807) is 11.3 Å². The lowest BCUT2D eigenvalue weighted by atomic mass is 10.1. The first kappa shape index (κ1) is 27.0. The molecule has 0 saturated carbocycles. The molecule has 6 nitrogen and oxygen atoms in total. The molecule has 1 saturated heterocycles. The third-order valence-corrected chi connectivity index (χ3v) is 6.47. The SMILES string of the molecule is CCNC(=NCc1ccc(CN2CC(C)OC(C)C2)cc1)NCCc1ncc(CC)s1.I. The number of hydrogen-bond acceptors (Lipinski definition) is 5. The highest BCUT2D eigenvalue weighted by molar-refractivity contribution is 14.0. The zero-order chi connectivity index (χ0) is 22.1. The number of rotatable bonds is 9. The molecule has 178 valence electrons. The summed E-state index contributed by atoms with van der Waals surface area (Å²) >= 11 is 1.80. The van der Waals surface area contributed by atoms with Gasteiger partial charge in [0.05, 0.1) is 23.8 Å². The molecule has 3 rings (SSSR count). The van der Waals surface area contributed by atoms with Gasteiger partial charge >= 0.3 is 0 Å². The van der Waals surface area contributed by atoms with Gasteiger partial charge in [-0.3, -0.25) is 4.90 Å². The Morgan fingerprint density at radius 3 is 2.44 bits per heavy atom. The van der Waals surface area contributed by atoms with Crippen LogP contribution in [-0.2, 0) is 30.7 Å². The molecule has 1 aromatic carbocycles. The van der Waals surface area contributed by atoms with E-state index in [9.17, 15) is 0 Å². The van der Waals surface area contributed by atoms with E-state index in [4.69, 9.17) is 9.73 Å². The molecular formula is C24H38IN5OS. The number of ether oxygens (including phenoxy) is 1. The highest BCUT2D eigenvalue weighted by atomic mass is 127. The van der Waals surface area contributed by atoms with E-state index in [0.717, 1.165) is 51.5 Å². The molecule has 0 aliphatic carbocycles. The maximum absolute atomic E-state index is 5.84. The van der Waals surface area contributed by atoms with Gasteiger partial charge in [-0.15, -0.1) is 35.3 Å². The smallest absolute Gasteiger partial charge is 0.191 e. The first-order chi connectivity index (χ1) is 15.1. The zero-order valence-corrected chi connectivity index (χ0v) is 22.9. The van der Waals surface area contributed by atoms with Crippen LogP contribution in [-0.4, -0.2) is 54.2 Å². The number of benzene rings is 1. The average Bonchev–Trinajstić information content (AvgIpc) is 3.20. The number of aliphatic imine (C=N–C) groups is 1. The van der Waals surface area contributed by atoms with Crippen molar-refractivity contribution in [2.24, 2.45) is 4.99 Å². The standard InChI is InChI=1S/C24H37N5OS.HI/c1-5-22-14-27-23(31-22)11-12-26-24(25-6-2)28-13-20-7-9-21(10-8-20)17-29-15-18(3)30-19(4)16-29;/h7-10,14,18-19H,5-6,11-13,15-17H2,1-4H3,(H2,25,26,28);1H. The Hall–Kier alpha value is -1.23. The Labute approximate surface area is 214 Å². The molecule has 0 bridgehead atoms. The van der Waals surface area contributed by atoms with Crippen molar-refractivity contribution in [3.63, 3.8) is 0 Å². The van der Waals surface area contributed by atoms with Crippen LogP contribution in [0, 0.1) is 0 Å². The fourth-order valence-corrected chi connectivity index (χ4v) is 4.71. The van der Waals surface area contributed by atoms with Gasteiger partial charge in [0, 0.05) is 50.2 Å². The second-order valence-electron chi connectivity index (χ2n) is 8.21. The average molecular weight is 572 g/mol. The molecule has 0 radical (unpaired) electrons. The van der Waals surface area contributed by atoms with Crippen LogP contribution in [0.2, 0.25) is 0 Å². The molecule has 2 atom stereocenters. The molecule has 0 amide bonds. The Morgan fingerprint density at radius 1 is 1.12 bits per heavy atom. The number of aryl methyl sites for hydroxylation is 1. The summed E-state index contributed by atoms with van der Waals surface area (Å²) in [4.78, 5) is 13.1. The van der Waals surface area contributed by atoms with Crippen LogP contribution in [0.1, 0.15) is 48.7 Å². The number of aromatic nitrogens is 1. The molecule has 1 fully saturated rings. The molecule has 8 heteroatoms. The Morgan fingerprint density at radius 2 is 1.81 bits per heavy atom. The van der Waals surface area contributed by atoms with E-state index in [0.29, 0.717) is 18.8 Å². The largest absolute Gasteiger partial charge is 0.373 e. The first-order valence-corrected chi connectivity index (χ1v) is 12.3. The number of thiazole rings is 1. The van der Waals surface area contributed by atoms with Crippen molar-refractivity contribution in [3.8, 4) is 0 Å². The Bertz CT molecular complexity index is 816. The van der Waals surface area contributed by atoms with E-state index in [1.165, 1.54) is 21.0 Å². The molecule has 2 aromatic rings. The van der Waals surface area contributed by atoms with Gasteiger partial charge in [-0.05, 0) is 38.3 Å². The zero-order valence-electron chi connectivity index (χ0n) is 19.8. The number of halogens is 1. The minimum atomic E-state index is 0. The van der Waals surface area contributed by atoms with Crippen molar-refractivity contribution >= 4 is 41.3 Å². The molecule has 0 spiro atoms.